The molecular formula is C12H10O2S3. The molecular weight excluding hydrogens is 272 g/mol. The minimum Gasteiger partial charge on any atom is -0.478 e. The molecule has 0 bridgehead atoms. The number of benzene rings is 2. The second kappa shape index (κ2) is 4.48. The first kappa shape index (κ1) is 12.7. The predicted molar refractivity (Wildman–Crippen MR) is 77.4 cm³/mol. The first-order valence-electron chi connectivity index (χ1n) is 4.84. The number of fused-ring (bicyclic) bond motifs is 1. The van der Waals surface area contributed by atoms with Gasteiger partial charge in [-0.3, -0.25) is 0 Å². The molecule has 0 saturated heterocycles. The molecule has 0 heterocycles. The third-order valence-corrected chi connectivity index (χ3v) is 4.37. The maximum absolute atomic E-state index is 11.3. The number of rotatable bonds is 1. The first-order valence-corrected chi connectivity index (χ1v) is 6.18. The van der Waals surface area contributed by atoms with Crippen LogP contribution in [0.1, 0.15) is 15.9 Å². The van der Waals surface area contributed by atoms with Gasteiger partial charge in [-0.2, -0.15) is 0 Å². The lowest BCUT2D eigenvalue weighted by atomic mass is 10.0. The monoisotopic (exact) mass is 282 g/mol. The smallest absolute Gasteiger partial charge is 0.337 e. The summed E-state index contributed by atoms with van der Waals surface area (Å²) in [4.78, 5) is 12.8. The molecule has 0 aliphatic heterocycles. The van der Waals surface area contributed by atoms with Crippen LogP contribution >= 0.6 is 37.9 Å². The Hall–Kier alpha value is -0.780. The van der Waals surface area contributed by atoms with Crippen LogP contribution in [0.15, 0.2) is 32.9 Å². The number of carboxylic acids is 1. The second-order valence-corrected chi connectivity index (χ2v) is 5.07. The number of hydrogen-bond acceptors (Lipinski definition) is 4. The largest absolute Gasteiger partial charge is 0.478 e. The molecule has 0 aliphatic rings. The van der Waals surface area contributed by atoms with Crippen molar-refractivity contribution in [2.45, 2.75) is 21.6 Å². The van der Waals surface area contributed by atoms with Crippen LogP contribution in [0, 0.1) is 6.92 Å². The Balaban J connectivity index is 3.10. The van der Waals surface area contributed by atoms with E-state index in [4.69, 9.17) is 0 Å². The SMILES string of the molecule is Cc1cccc2c(C(=O)O)c(S)c(S)c(S)c12. The predicted octanol–water partition coefficient (Wildman–Crippen LogP) is 3.71. The van der Waals surface area contributed by atoms with Gasteiger partial charge in [0.1, 0.15) is 0 Å². The Bertz CT molecular complexity index is 635. The topological polar surface area (TPSA) is 37.3 Å². The summed E-state index contributed by atoms with van der Waals surface area (Å²) in [6, 6.07) is 5.50. The van der Waals surface area contributed by atoms with Crippen molar-refractivity contribution in [3.05, 3.63) is 29.3 Å². The van der Waals surface area contributed by atoms with Gasteiger partial charge in [-0.1, -0.05) is 18.2 Å². The van der Waals surface area contributed by atoms with Crippen LogP contribution < -0.4 is 0 Å². The average molecular weight is 282 g/mol. The summed E-state index contributed by atoms with van der Waals surface area (Å²) < 4.78 is 0. The van der Waals surface area contributed by atoms with Crippen LogP contribution in [0.2, 0.25) is 0 Å². The minimum atomic E-state index is -1.01. The summed E-state index contributed by atoms with van der Waals surface area (Å²) in [5, 5.41) is 10.7. The lowest BCUT2D eigenvalue weighted by Gasteiger charge is -2.13. The molecule has 0 aromatic heterocycles. The van der Waals surface area contributed by atoms with Crippen LogP contribution in [0.3, 0.4) is 0 Å². The van der Waals surface area contributed by atoms with Crippen LogP contribution in [0.5, 0.6) is 0 Å². The highest BCUT2D eigenvalue weighted by Gasteiger charge is 2.19. The summed E-state index contributed by atoms with van der Waals surface area (Å²) in [7, 11) is 0. The number of carboxylic acid groups (broad SMARTS) is 1. The third-order valence-electron chi connectivity index (χ3n) is 2.68. The fourth-order valence-electron chi connectivity index (χ4n) is 1.88. The lowest BCUT2D eigenvalue weighted by Crippen LogP contribution is -2.02. The molecule has 0 radical (unpaired) electrons. The summed E-state index contributed by atoms with van der Waals surface area (Å²) in [5.41, 5.74) is 1.15. The summed E-state index contributed by atoms with van der Waals surface area (Å²) >= 11 is 12.9. The van der Waals surface area contributed by atoms with Gasteiger partial charge in [0.05, 0.1) is 5.56 Å². The molecule has 1 N–H and O–H groups in total. The highest BCUT2D eigenvalue weighted by Crippen LogP contribution is 2.38. The van der Waals surface area contributed by atoms with E-state index in [-0.39, 0.29) is 5.56 Å². The lowest BCUT2D eigenvalue weighted by molar-refractivity contribution is 0.0695. The van der Waals surface area contributed by atoms with Crippen LogP contribution in [0.4, 0.5) is 0 Å². The van der Waals surface area contributed by atoms with E-state index in [1.165, 1.54) is 0 Å². The molecule has 2 aromatic carbocycles. The standard InChI is InChI=1S/C12H10O2S3/c1-5-3-2-4-6-7(5)9(15)11(17)10(16)8(6)12(13)14/h2-4,15-17H,1H3,(H,13,14). The Morgan fingerprint density at radius 3 is 2.35 bits per heavy atom. The molecule has 0 atom stereocenters. The van der Waals surface area contributed by atoms with Gasteiger partial charge >= 0.3 is 5.97 Å². The molecule has 0 amide bonds. The molecule has 0 spiro atoms. The van der Waals surface area contributed by atoms with Gasteiger partial charge in [0.2, 0.25) is 0 Å². The zero-order chi connectivity index (χ0) is 12.7. The Morgan fingerprint density at radius 1 is 1.12 bits per heavy atom. The van der Waals surface area contributed by atoms with Gasteiger partial charge < -0.3 is 5.11 Å². The Morgan fingerprint density at radius 2 is 1.76 bits per heavy atom. The molecule has 2 aromatic rings. The molecule has 5 heteroatoms. The van der Waals surface area contributed by atoms with Crippen LogP contribution in [-0.4, -0.2) is 11.1 Å². The van der Waals surface area contributed by atoms with Gasteiger partial charge in [0.25, 0.3) is 0 Å². The van der Waals surface area contributed by atoms with E-state index in [1.54, 1.807) is 6.07 Å². The Kier molecular flexibility index (Phi) is 3.34. The fraction of sp³-hybridized carbons (Fsp3) is 0.0833. The molecule has 2 nitrogen and oxygen atoms in total. The molecule has 0 fully saturated rings. The van der Waals surface area contributed by atoms with Gasteiger partial charge in [-0.05, 0) is 23.3 Å². The Labute approximate surface area is 115 Å². The van der Waals surface area contributed by atoms with E-state index in [2.05, 4.69) is 37.9 Å². The van der Waals surface area contributed by atoms with E-state index in [0.29, 0.717) is 20.1 Å². The van der Waals surface area contributed by atoms with Gasteiger partial charge in [-0.25, -0.2) is 4.79 Å². The van der Waals surface area contributed by atoms with E-state index in [0.717, 1.165) is 10.9 Å². The van der Waals surface area contributed by atoms with E-state index >= 15 is 0 Å². The van der Waals surface area contributed by atoms with E-state index < -0.39 is 5.97 Å². The van der Waals surface area contributed by atoms with Crippen molar-refractivity contribution in [1.82, 2.24) is 0 Å². The van der Waals surface area contributed by atoms with Crippen LogP contribution in [0.25, 0.3) is 10.8 Å². The molecule has 17 heavy (non-hydrogen) atoms. The van der Waals surface area contributed by atoms with Crippen molar-refractivity contribution < 1.29 is 9.90 Å². The van der Waals surface area contributed by atoms with Crippen molar-refractivity contribution in [3.63, 3.8) is 0 Å². The molecule has 88 valence electrons. The van der Waals surface area contributed by atoms with Crippen molar-refractivity contribution in [3.8, 4) is 0 Å². The maximum atomic E-state index is 11.3. The zero-order valence-electron chi connectivity index (χ0n) is 8.93. The molecule has 0 aliphatic carbocycles. The van der Waals surface area contributed by atoms with Crippen molar-refractivity contribution in [1.29, 1.82) is 0 Å². The molecule has 2 rings (SSSR count). The van der Waals surface area contributed by atoms with Crippen molar-refractivity contribution >= 4 is 54.6 Å². The number of thiol groups is 3. The number of carbonyl (C=O) groups is 1. The highest BCUT2D eigenvalue weighted by molar-refractivity contribution is 7.85. The first-order chi connectivity index (χ1) is 7.95. The second-order valence-electron chi connectivity index (χ2n) is 3.72. The normalized spacial score (nSPS) is 10.8. The molecule has 0 saturated carbocycles. The number of aryl methyl sites for hydroxylation is 1. The number of hydrogen-bond donors (Lipinski definition) is 4. The van der Waals surface area contributed by atoms with E-state index in [1.807, 2.05) is 19.1 Å². The van der Waals surface area contributed by atoms with Gasteiger partial charge in [0, 0.05) is 14.7 Å². The van der Waals surface area contributed by atoms with Crippen molar-refractivity contribution in [2.75, 3.05) is 0 Å². The minimum absolute atomic E-state index is 0.176. The maximum Gasteiger partial charge on any atom is 0.337 e. The van der Waals surface area contributed by atoms with Crippen molar-refractivity contribution in [2.24, 2.45) is 0 Å². The number of aromatic carboxylic acids is 1. The average Bonchev–Trinajstić information content (AvgIpc) is 2.25. The van der Waals surface area contributed by atoms with Gasteiger partial charge in [-0.15, -0.1) is 37.9 Å². The van der Waals surface area contributed by atoms with E-state index in [9.17, 15) is 9.90 Å². The van der Waals surface area contributed by atoms with Gasteiger partial charge in [0.15, 0.2) is 0 Å². The fourth-order valence-corrected chi connectivity index (χ4v) is 2.93. The summed E-state index contributed by atoms with van der Waals surface area (Å²) in [5.74, 6) is -1.01. The zero-order valence-corrected chi connectivity index (χ0v) is 11.6. The summed E-state index contributed by atoms with van der Waals surface area (Å²) in [6.07, 6.45) is 0. The molecule has 0 unspecified atom stereocenters. The quantitative estimate of drug-likeness (QED) is 0.602. The summed E-state index contributed by atoms with van der Waals surface area (Å²) in [6.45, 7) is 1.92. The van der Waals surface area contributed by atoms with Crippen LogP contribution in [-0.2, 0) is 0 Å². The highest BCUT2D eigenvalue weighted by atomic mass is 32.1. The third kappa shape index (κ3) is 1.92.